The molecule has 0 aliphatic carbocycles. The highest BCUT2D eigenvalue weighted by molar-refractivity contribution is 6.10. The van der Waals surface area contributed by atoms with Gasteiger partial charge in [0.15, 0.2) is 0 Å². The van der Waals surface area contributed by atoms with Gasteiger partial charge in [-0.3, -0.25) is 14.6 Å². The molecular formula is C26H27NO3. The molecule has 1 heterocycles. The van der Waals surface area contributed by atoms with E-state index in [9.17, 15) is 9.59 Å². The van der Waals surface area contributed by atoms with E-state index in [1.165, 1.54) is 5.56 Å². The molecule has 0 bridgehead atoms. The Bertz CT molecular complexity index is 1040. The SMILES string of the molecule is Cc1cccnc1C(=O)c1ccccc1OC(=O)C(C)c1ccc(CC(C)C)cc1. The monoisotopic (exact) mass is 401 g/mol. The minimum absolute atomic E-state index is 0.251. The van der Waals surface area contributed by atoms with E-state index >= 15 is 0 Å². The first-order chi connectivity index (χ1) is 14.4. The number of carbonyl (C=O) groups is 2. The first-order valence-electron chi connectivity index (χ1n) is 10.2. The number of aryl methyl sites for hydroxylation is 1. The highest BCUT2D eigenvalue weighted by Gasteiger charge is 2.22. The number of nitrogens with zero attached hydrogens (tertiary/aromatic N) is 1. The van der Waals surface area contributed by atoms with E-state index in [2.05, 4.69) is 31.0 Å². The van der Waals surface area contributed by atoms with Crippen molar-refractivity contribution in [2.45, 2.75) is 40.0 Å². The van der Waals surface area contributed by atoms with E-state index in [0.717, 1.165) is 17.5 Å². The number of para-hydroxylation sites is 1. The zero-order valence-corrected chi connectivity index (χ0v) is 17.9. The van der Waals surface area contributed by atoms with Gasteiger partial charge in [-0.05, 0) is 61.1 Å². The predicted molar refractivity (Wildman–Crippen MR) is 118 cm³/mol. The van der Waals surface area contributed by atoms with E-state index < -0.39 is 11.9 Å². The van der Waals surface area contributed by atoms with E-state index in [1.54, 1.807) is 36.5 Å². The lowest BCUT2D eigenvalue weighted by Crippen LogP contribution is -2.18. The Hall–Kier alpha value is -3.27. The first-order valence-corrected chi connectivity index (χ1v) is 10.2. The smallest absolute Gasteiger partial charge is 0.318 e. The van der Waals surface area contributed by atoms with Gasteiger partial charge in [0.25, 0.3) is 0 Å². The van der Waals surface area contributed by atoms with Gasteiger partial charge in [0, 0.05) is 6.20 Å². The van der Waals surface area contributed by atoms with Crippen LogP contribution in [0.2, 0.25) is 0 Å². The Morgan fingerprint density at radius 3 is 2.30 bits per heavy atom. The van der Waals surface area contributed by atoms with Crippen molar-refractivity contribution in [3.05, 3.63) is 94.8 Å². The first kappa shape index (κ1) is 21.4. The van der Waals surface area contributed by atoms with Gasteiger partial charge in [-0.2, -0.15) is 0 Å². The fraction of sp³-hybridized carbons (Fsp3) is 0.269. The molecule has 3 rings (SSSR count). The summed E-state index contributed by atoms with van der Waals surface area (Å²) >= 11 is 0. The van der Waals surface area contributed by atoms with Crippen molar-refractivity contribution in [2.75, 3.05) is 0 Å². The molecule has 0 fully saturated rings. The molecule has 0 aliphatic heterocycles. The number of benzene rings is 2. The topological polar surface area (TPSA) is 56.3 Å². The third kappa shape index (κ3) is 5.01. The Balaban J connectivity index is 1.79. The molecule has 2 aromatic carbocycles. The van der Waals surface area contributed by atoms with Crippen molar-refractivity contribution in [1.29, 1.82) is 0 Å². The second-order valence-corrected chi connectivity index (χ2v) is 7.98. The van der Waals surface area contributed by atoms with Gasteiger partial charge in [0.2, 0.25) is 5.78 Å². The summed E-state index contributed by atoms with van der Waals surface area (Å²) in [6.45, 7) is 8.01. The van der Waals surface area contributed by atoms with Gasteiger partial charge >= 0.3 is 5.97 Å². The van der Waals surface area contributed by atoms with Gasteiger partial charge in [-0.1, -0.05) is 56.3 Å². The summed E-state index contributed by atoms with van der Waals surface area (Å²) in [5.74, 6) is -0.277. The molecule has 0 N–H and O–H groups in total. The maximum absolute atomic E-state index is 13.0. The molecule has 1 aromatic heterocycles. The van der Waals surface area contributed by atoms with Crippen LogP contribution in [0.5, 0.6) is 5.75 Å². The second kappa shape index (κ2) is 9.49. The number of ether oxygens (including phenoxy) is 1. The highest BCUT2D eigenvalue weighted by Crippen LogP contribution is 2.25. The number of aromatic nitrogens is 1. The zero-order valence-electron chi connectivity index (χ0n) is 17.9. The number of carbonyl (C=O) groups excluding carboxylic acids is 2. The third-order valence-corrected chi connectivity index (χ3v) is 5.04. The Kier molecular flexibility index (Phi) is 6.78. The van der Waals surface area contributed by atoms with Crippen molar-refractivity contribution < 1.29 is 14.3 Å². The average molecular weight is 402 g/mol. The molecule has 30 heavy (non-hydrogen) atoms. The van der Waals surface area contributed by atoms with Gasteiger partial charge in [0.05, 0.1) is 11.5 Å². The molecular weight excluding hydrogens is 374 g/mol. The van der Waals surface area contributed by atoms with Gasteiger partial charge in [-0.25, -0.2) is 0 Å². The van der Waals surface area contributed by atoms with Gasteiger partial charge in [-0.15, -0.1) is 0 Å². The van der Waals surface area contributed by atoms with E-state index in [1.807, 2.05) is 32.0 Å². The van der Waals surface area contributed by atoms with Crippen molar-refractivity contribution in [2.24, 2.45) is 5.92 Å². The number of pyridine rings is 1. The van der Waals surface area contributed by atoms with Crippen molar-refractivity contribution in [3.63, 3.8) is 0 Å². The fourth-order valence-corrected chi connectivity index (χ4v) is 3.34. The average Bonchev–Trinajstić information content (AvgIpc) is 2.73. The molecule has 0 spiro atoms. The number of rotatable bonds is 7. The second-order valence-electron chi connectivity index (χ2n) is 7.98. The number of esters is 1. The molecule has 0 aliphatic rings. The highest BCUT2D eigenvalue weighted by atomic mass is 16.5. The van der Waals surface area contributed by atoms with Crippen molar-refractivity contribution in [1.82, 2.24) is 4.98 Å². The van der Waals surface area contributed by atoms with E-state index in [4.69, 9.17) is 4.74 Å². The van der Waals surface area contributed by atoms with Crippen LogP contribution in [-0.4, -0.2) is 16.7 Å². The molecule has 3 aromatic rings. The summed E-state index contributed by atoms with van der Waals surface area (Å²) in [6, 6.07) is 18.5. The molecule has 1 unspecified atom stereocenters. The van der Waals surface area contributed by atoms with Crippen LogP contribution in [0, 0.1) is 12.8 Å². The molecule has 0 saturated heterocycles. The van der Waals surface area contributed by atoms with E-state index in [0.29, 0.717) is 17.2 Å². The van der Waals surface area contributed by atoms with Crippen LogP contribution in [0.15, 0.2) is 66.9 Å². The Labute approximate surface area is 177 Å². The number of hydrogen-bond acceptors (Lipinski definition) is 4. The summed E-state index contributed by atoms with van der Waals surface area (Å²) in [4.78, 5) is 30.0. The van der Waals surface area contributed by atoms with Gasteiger partial charge in [0.1, 0.15) is 11.4 Å². The van der Waals surface area contributed by atoms with Crippen molar-refractivity contribution in [3.8, 4) is 5.75 Å². The maximum Gasteiger partial charge on any atom is 0.318 e. The summed E-state index contributed by atoms with van der Waals surface area (Å²) < 4.78 is 5.65. The van der Waals surface area contributed by atoms with Crippen LogP contribution in [0.3, 0.4) is 0 Å². The van der Waals surface area contributed by atoms with Crippen LogP contribution in [0.4, 0.5) is 0 Å². The lowest BCUT2D eigenvalue weighted by molar-refractivity contribution is -0.135. The molecule has 4 nitrogen and oxygen atoms in total. The maximum atomic E-state index is 13.0. The molecule has 154 valence electrons. The van der Waals surface area contributed by atoms with Crippen LogP contribution in [-0.2, 0) is 11.2 Å². The number of hydrogen-bond donors (Lipinski definition) is 0. The predicted octanol–water partition coefficient (Wildman–Crippen LogP) is 5.53. The molecule has 0 saturated carbocycles. The number of ketones is 1. The van der Waals surface area contributed by atoms with Crippen LogP contribution >= 0.6 is 0 Å². The molecule has 1 atom stereocenters. The summed E-state index contributed by atoms with van der Waals surface area (Å²) in [7, 11) is 0. The minimum Gasteiger partial charge on any atom is -0.425 e. The van der Waals surface area contributed by atoms with Crippen LogP contribution < -0.4 is 4.74 Å². The minimum atomic E-state index is -0.446. The summed E-state index contributed by atoms with van der Waals surface area (Å²) in [6.07, 6.45) is 2.58. The summed E-state index contributed by atoms with van der Waals surface area (Å²) in [5.41, 5.74) is 3.59. The lowest BCUT2D eigenvalue weighted by Gasteiger charge is -2.15. The van der Waals surface area contributed by atoms with Gasteiger partial charge < -0.3 is 4.74 Å². The normalized spacial score (nSPS) is 11.9. The van der Waals surface area contributed by atoms with Crippen molar-refractivity contribution >= 4 is 11.8 Å². The lowest BCUT2D eigenvalue weighted by atomic mass is 9.97. The van der Waals surface area contributed by atoms with Crippen LogP contribution in [0.1, 0.15) is 59.4 Å². The fourth-order valence-electron chi connectivity index (χ4n) is 3.34. The zero-order chi connectivity index (χ0) is 21.7. The quantitative estimate of drug-likeness (QED) is 0.297. The summed E-state index contributed by atoms with van der Waals surface area (Å²) in [5, 5.41) is 0. The Morgan fingerprint density at radius 2 is 1.63 bits per heavy atom. The van der Waals surface area contributed by atoms with E-state index in [-0.39, 0.29) is 11.5 Å². The largest absolute Gasteiger partial charge is 0.425 e. The third-order valence-electron chi connectivity index (χ3n) is 5.04. The Morgan fingerprint density at radius 1 is 0.933 bits per heavy atom. The molecule has 0 radical (unpaired) electrons. The van der Waals surface area contributed by atoms with Crippen LogP contribution in [0.25, 0.3) is 0 Å². The standard InChI is InChI=1S/C26H27NO3/c1-17(2)16-20-11-13-21(14-12-20)19(4)26(29)30-23-10-6-5-9-22(23)25(28)24-18(3)8-7-15-27-24/h5-15,17,19H,16H2,1-4H3. The molecule has 0 amide bonds. The molecule has 4 heteroatoms.